The predicted octanol–water partition coefficient (Wildman–Crippen LogP) is 3.35. The molecule has 0 radical (unpaired) electrons. The molecule has 2 heterocycles. The summed E-state index contributed by atoms with van der Waals surface area (Å²) in [5.74, 6) is 0. The van der Waals surface area contributed by atoms with Gasteiger partial charge in [-0.3, -0.25) is 4.68 Å². The van der Waals surface area contributed by atoms with Crippen molar-refractivity contribution >= 4 is 27.5 Å². The number of aromatic nitrogens is 2. The van der Waals surface area contributed by atoms with Crippen molar-refractivity contribution in [2.75, 3.05) is 18.5 Å². The number of aryl methyl sites for hydroxylation is 1. The molecule has 3 nitrogen and oxygen atoms in total. The van der Waals surface area contributed by atoms with Crippen molar-refractivity contribution in [2.24, 2.45) is 5.41 Å². The first-order chi connectivity index (χ1) is 8.08. The number of rotatable bonds is 3. The lowest BCUT2D eigenvalue weighted by atomic mass is 9.82. The molecule has 0 aliphatic carbocycles. The van der Waals surface area contributed by atoms with Gasteiger partial charge in [0, 0.05) is 30.5 Å². The molecule has 0 spiro atoms. The first-order valence-corrected chi connectivity index (χ1v) is 7.41. The van der Waals surface area contributed by atoms with E-state index in [1.165, 1.54) is 0 Å². The monoisotopic (exact) mass is 320 g/mol. The highest BCUT2D eigenvalue weighted by Gasteiger charge is 2.33. The molecule has 1 aromatic heterocycles. The van der Waals surface area contributed by atoms with Gasteiger partial charge >= 0.3 is 0 Å². The van der Waals surface area contributed by atoms with E-state index in [0.29, 0.717) is 0 Å². The van der Waals surface area contributed by atoms with Crippen LogP contribution >= 0.6 is 27.5 Å². The van der Waals surface area contributed by atoms with Gasteiger partial charge in [0.2, 0.25) is 0 Å². The van der Waals surface area contributed by atoms with E-state index in [9.17, 15) is 0 Å². The molecule has 96 valence electrons. The van der Waals surface area contributed by atoms with Crippen molar-refractivity contribution in [1.82, 2.24) is 9.78 Å². The molecule has 1 saturated heterocycles. The second-order valence-electron chi connectivity index (χ2n) is 4.89. The minimum atomic E-state index is 0.255. The van der Waals surface area contributed by atoms with E-state index in [1.54, 1.807) is 0 Å². The molecule has 0 bridgehead atoms. The molecule has 0 aromatic carbocycles. The molecule has 1 aromatic rings. The summed E-state index contributed by atoms with van der Waals surface area (Å²) in [5.41, 5.74) is 2.24. The number of halogens is 2. The number of nitrogens with zero attached hydrogens (tertiary/aromatic N) is 2. The Balaban J connectivity index is 2.20. The highest BCUT2D eigenvalue weighted by molar-refractivity contribution is 9.09. The summed E-state index contributed by atoms with van der Waals surface area (Å²) in [4.78, 5) is 0. The average molecular weight is 322 g/mol. The first kappa shape index (κ1) is 13.4. The Labute approximate surface area is 116 Å². The van der Waals surface area contributed by atoms with Crippen LogP contribution in [-0.2, 0) is 11.3 Å². The molecule has 0 atom stereocenters. The van der Waals surface area contributed by atoms with Gasteiger partial charge in [0.25, 0.3) is 0 Å². The fourth-order valence-corrected chi connectivity index (χ4v) is 3.16. The largest absolute Gasteiger partial charge is 0.381 e. The molecule has 0 amide bonds. The van der Waals surface area contributed by atoms with Gasteiger partial charge in [-0.1, -0.05) is 27.5 Å². The van der Waals surface area contributed by atoms with Crippen molar-refractivity contribution < 1.29 is 4.74 Å². The summed E-state index contributed by atoms with van der Waals surface area (Å²) in [5, 5.41) is 6.30. The normalized spacial score (nSPS) is 19.5. The van der Waals surface area contributed by atoms with Crippen LogP contribution in [0.2, 0.25) is 5.02 Å². The minimum Gasteiger partial charge on any atom is -0.381 e. The number of hydrogen-bond acceptors (Lipinski definition) is 2. The van der Waals surface area contributed by atoms with Gasteiger partial charge in [-0.25, -0.2) is 0 Å². The van der Waals surface area contributed by atoms with E-state index in [1.807, 2.05) is 18.5 Å². The van der Waals surface area contributed by atoms with Gasteiger partial charge in [-0.15, -0.1) is 0 Å². The van der Waals surface area contributed by atoms with E-state index in [4.69, 9.17) is 16.3 Å². The van der Waals surface area contributed by atoms with Crippen LogP contribution in [0.15, 0.2) is 0 Å². The van der Waals surface area contributed by atoms with Crippen LogP contribution in [0.3, 0.4) is 0 Å². The molecule has 1 aliphatic rings. The van der Waals surface area contributed by atoms with Crippen LogP contribution in [0.4, 0.5) is 0 Å². The molecule has 1 aliphatic heterocycles. The van der Waals surface area contributed by atoms with Crippen molar-refractivity contribution in [1.29, 1.82) is 0 Å². The van der Waals surface area contributed by atoms with Crippen molar-refractivity contribution in [3.8, 4) is 0 Å². The maximum atomic E-state index is 6.18. The highest BCUT2D eigenvalue weighted by Crippen LogP contribution is 2.35. The molecule has 5 heteroatoms. The zero-order valence-electron chi connectivity index (χ0n) is 10.3. The Kier molecular flexibility index (Phi) is 4.16. The summed E-state index contributed by atoms with van der Waals surface area (Å²) in [6.45, 7) is 6.60. The molecular formula is C12H18BrClN2O. The van der Waals surface area contributed by atoms with Crippen LogP contribution in [0.25, 0.3) is 0 Å². The smallest absolute Gasteiger partial charge is 0.0844 e. The first-order valence-electron chi connectivity index (χ1n) is 5.91. The fourth-order valence-electron chi connectivity index (χ4n) is 2.29. The van der Waals surface area contributed by atoms with Crippen LogP contribution < -0.4 is 0 Å². The van der Waals surface area contributed by atoms with Crippen molar-refractivity contribution in [3.05, 3.63) is 16.4 Å². The van der Waals surface area contributed by atoms with Gasteiger partial charge in [-0.05, 0) is 26.7 Å². The standard InChI is InChI=1S/C12H18BrClN2O/c1-9-11(14)10(2)16(15-9)8-12(7-13)3-5-17-6-4-12/h3-8H2,1-2H3. The summed E-state index contributed by atoms with van der Waals surface area (Å²) in [6, 6.07) is 0. The van der Waals surface area contributed by atoms with Crippen LogP contribution in [0.1, 0.15) is 24.2 Å². The Hall–Kier alpha value is -0.0600. The number of ether oxygens (including phenoxy) is 1. The van der Waals surface area contributed by atoms with Crippen LogP contribution in [0.5, 0.6) is 0 Å². The quantitative estimate of drug-likeness (QED) is 0.798. The summed E-state index contributed by atoms with van der Waals surface area (Å²) in [7, 11) is 0. The molecule has 0 saturated carbocycles. The predicted molar refractivity (Wildman–Crippen MR) is 73.0 cm³/mol. The SMILES string of the molecule is Cc1nn(CC2(CBr)CCOCC2)c(C)c1Cl. The summed E-state index contributed by atoms with van der Waals surface area (Å²) in [6.07, 6.45) is 2.16. The van der Waals surface area contributed by atoms with Crippen molar-refractivity contribution in [2.45, 2.75) is 33.2 Å². The lowest BCUT2D eigenvalue weighted by Crippen LogP contribution is -2.36. The van der Waals surface area contributed by atoms with E-state index >= 15 is 0 Å². The number of hydrogen-bond donors (Lipinski definition) is 0. The fraction of sp³-hybridized carbons (Fsp3) is 0.750. The van der Waals surface area contributed by atoms with Gasteiger partial charge in [-0.2, -0.15) is 5.10 Å². The third kappa shape index (κ3) is 2.69. The molecule has 17 heavy (non-hydrogen) atoms. The topological polar surface area (TPSA) is 27.1 Å². The Morgan fingerprint density at radius 3 is 2.53 bits per heavy atom. The molecule has 0 unspecified atom stereocenters. The van der Waals surface area contributed by atoms with Crippen LogP contribution in [-0.4, -0.2) is 28.3 Å². The minimum absolute atomic E-state index is 0.255. The molecular weight excluding hydrogens is 304 g/mol. The van der Waals surface area contributed by atoms with E-state index in [0.717, 1.165) is 54.3 Å². The van der Waals surface area contributed by atoms with Gasteiger partial charge < -0.3 is 4.74 Å². The third-order valence-electron chi connectivity index (χ3n) is 3.62. The molecule has 2 rings (SSSR count). The maximum absolute atomic E-state index is 6.18. The number of alkyl halides is 1. The Morgan fingerprint density at radius 1 is 1.41 bits per heavy atom. The summed E-state index contributed by atoms with van der Waals surface area (Å²) < 4.78 is 7.49. The maximum Gasteiger partial charge on any atom is 0.0844 e. The average Bonchev–Trinajstić information content (AvgIpc) is 2.58. The van der Waals surface area contributed by atoms with Gasteiger partial charge in [0.1, 0.15) is 0 Å². The summed E-state index contributed by atoms with van der Waals surface area (Å²) >= 11 is 9.83. The highest BCUT2D eigenvalue weighted by atomic mass is 79.9. The van der Waals surface area contributed by atoms with E-state index in [2.05, 4.69) is 21.0 Å². The lowest BCUT2D eigenvalue weighted by Gasteiger charge is -2.35. The molecule has 1 fully saturated rings. The molecule has 0 N–H and O–H groups in total. The van der Waals surface area contributed by atoms with Crippen LogP contribution in [0, 0.1) is 19.3 Å². The second-order valence-corrected chi connectivity index (χ2v) is 5.83. The van der Waals surface area contributed by atoms with Gasteiger partial charge in [0.05, 0.1) is 16.4 Å². The second kappa shape index (κ2) is 5.29. The zero-order valence-corrected chi connectivity index (χ0v) is 12.6. The Bertz CT molecular complexity index is 399. The Morgan fingerprint density at radius 2 is 2.06 bits per heavy atom. The van der Waals surface area contributed by atoms with E-state index in [-0.39, 0.29) is 5.41 Å². The van der Waals surface area contributed by atoms with E-state index < -0.39 is 0 Å². The van der Waals surface area contributed by atoms with Crippen molar-refractivity contribution in [3.63, 3.8) is 0 Å². The van der Waals surface area contributed by atoms with Gasteiger partial charge in [0.15, 0.2) is 0 Å². The third-order valence-corrected chi connectivity index (χ3v) is 5.35. The lowest BCUT2D eigenvalue weighted by molar-refractivity contribution is 0.0166. The zero-order chi connectivity index (χ0) is 12.5.